The molecule has 0 radical (unpaired) electrons. The monoisotopic (exact) mass is 355 g/mol. The number of para-hydroxylation sites is 2. The maximum absolute atomic E-state index is 12.2. The van der Waals surface area contributed by atoms with E-state index in [1.807, 2.05) is 6.07 Å². The standard InChI is InChI=1S/C17H13N3O4S/c21-16(10-5-6-11-15(7-10)25-9-18-11)19-20-17(22)14-8-23-12-3-1-2-4-13(12)24-14/h1-7,9,14H,8H2,(H,19,21)(H,20,22)/t14-/m0/s1. The Morgan fingerprint density at radius 3 is 2.84 bits per heavy atom. The topological polar surface area (TPSA) is 89.6 Å². The summed E-state index contributed by atoms with van der Waals surface area (Å²) in [6, 6.07) is 12.2. The maximum Gasteiger partial charge on any atom is 0.283 e. The highest BCUT2D eigenvalue weighted by molar-refractivity contribution is 7.16. The second-order valence-corrected chi connectivity index (χ2v) is 6.23. The lowest BCUT2D eigenvalue weighted by molar-refractivity contribution is -0.131. The molecule has 0 bridgehead atoms. The van der Waals surface area contributed by atoms with Crippen LogP contribution in [0.5, 0.6) is 11.5 Å². The molecular formula is C17H13N3O4S. The second-order valence-electron chi connectivity index (χ2n) is 5.34. The van der Waals surface area contributed by atoms with Gasteiger partial charge in [0.25, 0.3) is 11.8 Å². The molecule has 0 saturated heterocycles. The lowest BCUT2D eigenvalue weighted by Gasteiger charge is -2.25. The van der Waals surface area contributed by atoms with Gasteiger partial charge in [0.2, 0.25) is 6.10 Å². The van der Waals surface area contributed by atoms with Crippen molar-refractivity contribution in [1.82, 2.24) is 15.8 Å². The predicted octanol–water partition coefficient (Wildman–Crippen LogP) is 1.90. The molecule has 0 spiro atoms. The number of hydrazine groups is 1. The van der Waals surface area contributed by atoms with Gasteiger partial charge in [-0.25, -0.2) is 4.98 Å². The summed E-state index contributed by atoms with van der Waals surface area (Å²) in [5, 5.41) is 0. The maximum atomic E-state index is 12.2. The molecule has 0 fully saturated rings. The van der Waals surface area contributed by atoms with Crippen molar-refractivity contribution < 1.29 is 19.1 Å². The molecule has 126 valence electrons. The highest BCUT2D eigenvalue weighted by Crippen LogP contribution is 2.30. The number of carbonyl (C=O) groups is 2. The third-order valence-corrected chi connectivity index (χ3v) is 4.49. The summed E-state index contributed by atoms with van der Waals surface area (Å²) < 4.78 is 12.0. The van der Waals surface area contributed by atoms with Crippen molar-refractivity contribution in [2.24, 2.45) is 0 Å². The molecule has 7 nitrogen and oxygen atoms in total. The summed E-state index contributed by atoms with van der Waals surface area (Å²) in [5.74, 6) is 0.187. The van der Waals surface area contributed by atoms with Gasteiger partial charge in [-0.3, -0.25) is 20.4 Å². The van der Waals surface area contributed by atoms with E-state index in [1.165, 1.54) is 11.3 Å². The fourth-order valence-corrected chi connectivity index (χ4v) is 3.13. The summed E-state index contributed by atoms with van der Waals surface area (Å²) in [4.78, 5) is 28.5. The minimum absolute atomic E-state index is 0.0749. The van der Waals surface area contributed by atoms with Gasteiger partial charge in [0.1, 0.15) is 6.61 Å². The van der Waals surface area contributed by atoms with Crippen molar-refractivity contribution in [3.05, 3.63) is 53.5 Å². The zero-order chi connectivity index (χ0) is 17.2. The fraction of sp³-hybridized carbons (Fsp3) is 0.118. The van der Waals surface area contributed by atoms with Gasteiger partial charge in [0, 0.05) is 5.56 Å². The van der Waals surface area contributed by atoms with Crippen LogP contribution >= 0.6 is 11.3 Å². The molecule has 3 aromatic rings. The molecule has 2 N–H and O–H groups in total. The predicted molar refractivity (Wildman–Crippen MR) is 91.6 cm³/mol. The van der Waals surface area contributed by atoms with E-state index >= 15 is 0 Å². The number of benzene rings is 2. The van der Waals surface area contributed by atoms with Crippen LogP contribution in [0.3, 0.4) is 0 Å². The molecule has 2 aromatic carbocycles. The Labute approximate surface area is 146 Å². The van der Waals surface area contributed by atoms with Crippen molar-refractivity contribution in [3.8, 4) is 11.5 Å². The van der Waals surface area contributed by atoms with Gasteiger partial charge in [-0.05, 0) is 30.3 Å². The van der Waals surface area contributed by atoms with Gasteiger partial charge in [-0.2, -0.15) is 0 Å². The minimum Gasteiger partial charge on any atom is -0.485 e. The minimum atomic E-state index is -0.834. The van der Waals surface area contributed by atoms with Crippen molar-refractivity contribution >= 4 is 33.4 Å². The van der Waals surface area contributed by atoms with Crippen LogP contribution in [0.4, 0.5) is 0 Å². The Morgan fingerprint density at radius 2 is 1.96 bits per heavy atom. The molecule has 4 rings (SSSR count). The lowest BCUT2D eigenvalue weighted by atomic mass is 10.2. The van der Waals surface area contributed by atoms with Gasteiger partial charge >= 0.3 is 0 Å². The van der Waals surface area contributed by atoms with Crippen LogP contribution in [0, 0.1) is 0 Å². The number of thiazole rings is 1. The number of amides is 2. The number of ether oxygens (including phenoxy) is 2. The highest BCUT2D eigenvalue weighted by atomic mass is 32.1. The number of hydrogen-bond acceptors (Lipinski definition) is 6. The van der Waals surface area contributed by atoms with Crippen LogP contribution in [0.15, 0.2) is 48.0 Å². The van der Waals surface area contributed by atoms with Crippen molar-refractivity contribution in [3.63, 3.8) is 0 Å². The summed E-state index contributed by atoms with van der Waals surface area (Å²) in [6.45, 7) is 0.0749. The average Bonchev–Trinajstić information content (AvgIpc) is 3.13. The smallest absolute Gasteiger partial charge is 0.283 e. The number of fused-ring (bicyclic) bond motifs is 2. The molecule has 1 aliphatic heterocycles. The number of carbonyl (C=O) groups excluding carboxylic acids is 2. The first-order valence-electron chi connectivity index (χ1n) is 7.52. The van der Waals surface area contributed by atoms with Crippen LogP contribution in [0.25, 0.3) is 10.2 Å². The van der Waals surface area contributed by atoms with Crippen molar-refractivity contribution in [2.75, 3.05) is 6.61 Å². The molecule has 2 heterocycles. The second kappa shape index (κ2) is 6.40. The molecule has 1 aliphatic rings. The third-order valence-electron chi connectivity index (χ3n) is 3.69. The highest BCUT2D eigenvalue weighted by Gasteiger charge is 2.27. The molecule has 1 aromatic heterocycles. The number of rotatable bonds is 2. The van der Waals surface area contributed by atoms with Crippen LogP contribution < -0.4 is 20.3 Å². The van der Waals surface area contributed by atoms with Crippen molar-refractivity contribution in [1.29, 1.82) is 0 Å². The third kappa shape index (κ3) is 3.11. The molecule has 0 aliphatic carbocycles. The zero-order valence-corrected chi connectivity index (χ0v) is 13.7. The van der Waals surface area contributed by atoms with Crippen LogP contribution in [0.2, 0.25) is 0 Å². The van der Waals surface area contributed by atoms with Crippen LogP contribution in [0.1, 0.15) is 10.4 Å². The van der Waals surface area contributed by atoms with E-state index in [0.717, 1.165) is 10.2 Å². The van der Waals surface area contributed by atoms with Crippen LogP contribution in [-0.4, -0.2) is 29.5 Å². The Morgan fingerprint density at radius 1 is 1.12 bits per heavy atom. The normalized spacial score (nSPS) is 15.6. The van der Waals surface area contributed by atoms with Crippen LogP contribution in [-0.2, 0) is 4.79 Å². The first-order chi connectivity index (χ1) is 12.2. The number of nitrogens with one attached hydrogen (secondary N) is 2. The summed E-state index contributed by atoms with van der Waals surface area (Å²) in [6.07, 6.45) is -0.834. The molecule has 0 unspecified atom stereocenters. The summed E-state index contributed by atoms with van der Waals surface area (Å²) in [7, 11) is 0. The number of hydrogen-bond donors (Lipinski definition) is 2. The van der Waals surface area contributed by atoms with E-state index in [-0.39, 0.29) is 6.61 Å². The lowest BCUT2D eigenvalue weighted by Crippen LogP contribution is -2.50. The van der Waals surface area contributed by atoms with Gasteiger partial charge in [0.15, 0.2) is 11.5 Å². The molecule has 8 heteroatoms. The van der Waals surface area contributed by atoms with E-state index in [4.69, 9.17) is 9.47 Å². The number of aromatic nitrogens is 1. The average molecular weight is 355 g/mol. The van der Waals surface area contributed by atoms with E-state index in [2.05, 4.69) is 15.8 Å². The van der Waals surface area contributed by atoms with E-state index in [0.29, 0.717) is 17.1 Å². The number of nitrogens with zero attached hydrogens (tertiary/aromatic N) is 1. The van der Waals surface area contributed by atoms with Gasteiger partial charge in [-0.15, -0.1) is 11.3 Å². The Balaban J connectivity index is 1.37. The molecule has 0 saturated carbocycles. The molecule has 2 amide bonds. The van der Waals surface area contributed by atoms with Gasteiger partial charge in [0.05, 0.1) is 15.7 Å². The van der Waals surface area contributed by atoms with Gasteiger partial charge in [-0.1, -0.05) is 12.1 Å². The quantitative estimate of drug-likeness (QED) is 0.685. The first-order valence-corrected chi connectivity index (χ1v) is 8.40. The van der Waals surface area contributed by atoms with Crippen molar-refractivity contribution in [2.45, 2.75) is 6.10 Å². The molecule has 1 atom stereocenters. The SMILES string of the molecule is O=C(NNC(=O)[C@@H]1COc2ccccc2O1)c1ccc2ncsc2c1. The summed E-state index contributed by atoms with van der Waals surface area (Å²) in [5.41, 5.74) is 7.73. The van der Waals surface area contributed by atoms with E-state index in [9.17, 15) is 9.59 Å². The largest absolute Gasteiger partial charge is 0.485 e. The fourth-order valence-electron chi connectivity index (χ4n) is 2.42. The van der Waals surface area contributed by atoms with E-state index < -0.39 is 17.9 Å². The molecule has 25 heavy (non-hydrogen) atoms. The summed E-state index contributed by atoms with van der Waals surface area (Å²) >= 11 is 1.44. The Hall–Kier alpha value is -3.13. The Kier molecular flexibility index (Phi) is 3.95. The molecular weight excluding hydrogens is 342 g/mol. The van der Waals surface area contributed by atoms with E-state index in [1.54, 1.807) is 41.9 Å². The zero-order valence-electron chi connectivity index (χ0n) is 12.9. The van der Waals surface area contributed by atoms with Gasteiger partial charge < -0.3 is 9.47 Å². The Bertz CT molecular complexity index is 956. The first kappa shape index (κ1) is 15.4.